The van der Waals surface area contributed by atoms with Gasteiger partial charge in [0.1, 0.15) is 5.54 Å². The summed E-state index contributed by atoms with van der Waals surface area (Å²) in [6.45, 7) is 5.67. The highest BCUT2D eigenvalue weighted by molar-refractivity contribution is 6.06. The fraction of sp³-hybridized carbons (Fsp3) is 0.357. The number of imide groups is 1. The van der Waals surface area contributed by atoms with Crippen LogP contribution < -0.4 is 5.32 Å². The van der Waals surface area contributed by atoms with Crippen LogP contribution in [0.25, 0.3) is 0 Å². The summed E-state index contributed by atoms with van der Waals surface area (Å²) < 4.78 is 0. The van der Waals surface area contributed by atoms with E-state index < -0.39 is 5.54 Å². The highest BCUT2D eigenvalue weighted by Gasteiger charge is 2.45. The quantitative estimate of drug-likeness (QED) is 0.819. The summed E-state index contributed by atoms with van der Waals surface area (Å²) in [5.41, 5.74) is 1.60. The van der Waals surface area contributed by atoms with Crippen LogP contribution >= 0.6 is 0 Å². The minimum Gasteiger partial charge on any atom is -0.306 e. The van der Waals surface area contributed by atoms with E-state index in [0.29, 0.717) is 12.1 Å². The highest BCUT2D eigenvalue weighted by Crippen LogP contribution is 2.24. The molecular weight excluding hydrogens is 242 g/mol. The van der Waals surface area contributed by atoms with Crippen molar-refractivity contribution < 1.29 is 9.59 Å². The number of rotatable bonds is 2. The number of hydrogen-bond acceptors (Lipinski definition) is 3. The smallest absolute Gasteiger partial charge is 0.306 e. The molecular formula is C14H15N3O2. The lowest BCUT2D eigenvalue weighted by Crippen LogP contribution is -2.43. The van der Waals surface area contributed by atoms with Gasteiger partial charge in [-0.25, -0.2) is 4.79 Å². The van der Waals surface area contributed by atoms with Crippen LogP contribution in [-0.2, 0) is 11.3 Å². The Morgan fingerprint density at radius 1 is 1.37 bits per heavy atom. The molecule has 0 radical (unpaired) electrons. The van der Waals surface area contributed by atoms with Crippen molar-refractivity contribution >= 4 is 11.9 Å². The fourth-order valence-electron chi connectivity index (χ4n) is 2.08. The van der Waals surface area contributed by atoms with Gasteiger partial charge in [0.15, 0.2) is 0 Å². The minimum absolute atomic E-state index is 0.288. The molecule has 1 heterocycles. The molecule has 1 aromatic carbocycles. The molecule has 3 amide bonds. The van der Waals surface area contributed by atoms with Gasteiger partial charge in [0.05, 0.1) is 11.6 Å². The Hall–Kier alpha value is -2.35. The Morgan fingerprint density at radius 3 is 2.53 bits per heavy atom. The van der Waals surface area contributed by atoms with Crippen LogP contribution in [0, 0.1) is 18.3 Å². The molecule has 98 valence electrons. The number of aryl methyl sites for hydroxylation is 1. The standard InChI is InChI=1S/C14H15N3O2/c1-9-6-10(7-15)4-5-11(9)8-17-13(19)16-12(18)14(17,2)3/h4-6H,8H2,1-3H3,(H,16,18,19). The zero-order valence-electron chi connectivity index (χ0n) is 11.2. The predicted molar refractivity (Wildman–Crippen MR) is 69.1 cm³/mol. The van der Waals surface area contributed by atoms with E-state index in [1.54, 1.807) is 26.0 Å². The average molecular weight is 257 g/mol. The SMILES string of the molecule is Cc1cc(C#N)ccc1CN1C(=O)NC(=O)C1(C)C. The van der Waals surface area contributed by atoms with E-state index in [-0.39, 0.29) is 11.9 Å². The third kappa shape index (κ3) is 2.17. The first kappa shape index (κ1) is 13.1. The molecule has 0 aliphatic carbocycles. The summed E-state index contributed by atoms with van der Waals surface area (Å²) in [5, 5.41) is 11.1. The molecule has 5 nitrogen and oxygen atoms in total. The zero-order valence-corrected chi connectivity index (χ0v) is 11.2. The molecule has 0 bridgehead atoms. The van der Waals surface area contributed by atoms with Gasteiger partial charge in [-0.2, -0.15) is 5.26 Å². The molecule has 1 saturated heterocycles. The third-order valence-corrected chi connectivity index (χ3v) is 3.50. The van der Waals surface area contributed by atoms with Crippen molar-refractivity contribution in [2.45, 2.75) is 32.9 Å². The van der Waals surface area contributed by atoms with Crippen LogP contribution in [0.5, 0.6) is 0 Å². The number of hydrogen-bond donors (Lipinski definition) is 1. The lowest BCUT2D eigenvalue weighted by atomic mass is 10.0. The normalized spacial score (nSPS) is 17.3. The van der Waals surface area contributed by atoms with E-state index >= 15 is 0 Å². The Bertz CT molecular complexity index is 599. The predicted octanol–water partition coefficient (Wildman–Crippen LogP) is 1.70. The van der Waals surface area contributed by atoms with Crippen LogP contribution in [0.3, 0.4) is 0 Å². The number of nitriles is 1. The summed E-state index contributed by atoms with van der Waals surface area (Å²) in [5.74, 6) is -0.288. The average Bonchev–Trinajstić information content (AvgIpc) is 2.54. The molecule has 1 N–H and O–H groups in total. The van der Waals surface area contributed by atoms with Gasteiger partial charge >= 0.3 is 6.03 Å². The summed E-state index contributed by atoms with van der Waals surface area (Å²) in [7, 11) is 0. The molecule has 1 aliphatic rings. The molecule has 5 heteroatoms. The number of nitrogens with zero attached hydrogens (tertiary/aromatic N) is 2. The number of carbonyl (C=O) groups excluding carboxylic acids is 2. The summed E-state index contributed by atoms with van der Waals surface area (Å²) >= 11 is 0. The van der Waals surface area contributed by atoms with E-state index in [0.717, 1.165) is 11.1 Å². The molecule has 2 rings (SSSR count). The van der Waals surface area contributed by atoms with Gasteiger partial charge in [-0.05, 0) is 44.0 Å². The molecule has 0 aromatic heterocycles. The number of amides is 3. The monoisotopic (exact) mass is 257 g/mol. The van der Waals surface area contributed by atoms with E-state index in [1.165, 1.54) is 4.90 Å². The Kier molecular flexibility index (Phi) is 3.03. The Labute approximate surface area is 111 Å². The number of urea groups is 1. The van der Waals surface area contributed by atoms with Crippen LogP contribution in [0.15, 0.2) is 18.2 Å². The minimum atomic E-state index is -0.850. The van der Waals surface area contributed by atoms with Crippen LogP contribution in [0.1, 0.15) is 30.5 Å². The van der Waals surface area contributed by atoms with Crippen molar-refractivity contribution in [3.8, 4) is 6.07 Å². The first-order valence-electron chi connectivity index (χ1n) is 5.99. The van der Waals surface area contributed by atoms with Crippen LogP contribution in [-0.4, -0.2) is 22.4 Å². The molecule has 1 fully saturated rings. The summed E-state index contributed by atoms with van der Waals surface area (Å²) in [4.78, 5) is 25.0. The van der Waals surface area contributed by atoms with Crippen molar-refractivity contribution in [3.63, 3.8) is 0 Å². The molecule has 1 aromatic rings. The van der Waals surface area contributed by atoms with Crippen molar-refractivity contribution in [1.82, 2.24) is 10.2 Å². The van der Waals surface area contributed by atoms with Gasteiger partial charge in [-0.1, -0.05) is 6.07 Å². The summed E-state index contributed by atoms with van der Waals surface area (Å²) in [6, 6.07) is 7.01. The van der Waals surface area contributed by atoms with Crippen molar-refractivity contribution in [3.05, 3.63) is 34.9 Å². The molecule has 0 unspecified atom stereocenters. The molecule has 19 heavy (non-hydrogen) atoms. The maximum Gasteiger partial charge on any atom is 0.325 e. The van der Waals surface area contributed by atoms with Crippen molar-refractivity contribution in [2.75, 3.05) is 0 Å². The lowest BCUT2D eigenvalue weighted by molar-refractivity contribution is -0.125. The molecule has 1 aliphatic heterocycles. The number of carbonyl (C=O) groups is 2. The maximum absolute atomic E-state index is 11.8. The second-order valence-electron chi connectivity index (χ2n) is 5.16. The van der Waals surface area contributed by atoms with Crippen LogP contribution in [0.2, 0.25) is 0 Å². The van der Waals surface area contributed by atoms with Gasteiger partial charge in [-0.15, -0.1) is 0 Å². The van der Waals surface area contributed by atoms with E-state index in [9.17, 15) is 9.59 Å². The fourth-order valence-corrected chi connectivity index (χ4v) is 2.08. The summed E-state index contributed by atoms with van der Waals surface area (Å²) in [6.07, 6.45) is 0. The van der Waals surface area contributed by atoms with E-state index in [2.05, 4.69) is 11.4 Å². The second kappa shape index (κ2) is 4.39. The van der Waals surface area contributed by atoms with Crippen molar-refractivity contribution in [2.24, 2.45) is 0 Å². The van der Waals surface area contributed by atoms with Crippen LogP contribution in [0.4, 0.5) is 4.79 Å². The van der Waals surface area contributed by atoms with Gasteiger partial charge < -0.3 is 4.90 Å². The maximum atomic E-state index is 11.8. The van der Waals surface area contributed by atoms with Gasteiger partial charge in [0.25, 0.3) is 5.91 Å². The Balaban J connectivity index is 2.29. The molecule has 0 saturated carbocycles. The molecule has 0 atom stereocenters. The first-order chi connectivity index (χ1) is 8.86. The van der Waals surface area contributed by atoms with Gasteiger partial charge in [0.2, 0.25) is 0 Å². The first-order valence-corrected chi connectivity index (χ1v) is 5.99. The van der Waals surface area contributed by atoms with E-state index in [1.807, 2.05) is 13.0 Å². The lowest BCUT2D eigenvalue weighted by Gasteiger charge is -2.28. The second-order valence-corrected chi connectivity index (χ2v) is 5.16. The van der Waals surface area contributed by atoms with Crippen molar-refractivity contribution in [1.29, 1.82) is 5.26 Å². The topological polar surface area (TPSA) is 73.2 Å². The van der Waals surface area contributed by atoms with Gasteiger partial charge in [-0.3, -0.25) is 10.1 Å². The zero-order chi connectivity index (χ0) is 14.2. The largest absolute Gasteiger partial charge is 0.325 e. The van der Waals surface area contributed by atoms with Gasteiger partial charge in [0, 0.05) is 6.54 Å². The Morgan fingerprint density at radius 2 is 2.05 bits per heavy atom. The molecule has 0 spiro atoms. The third-order valence-electron chi connectivity index (χ3n) is 3.50. The van der Waals surface area contributed by atoms with E-state index in [4.69, 9.17) is 5.26 Å². The number of nitrogens with one attached hydrogen (secondary N) is 1. The number of benzene rings is 1. The highest BCUT2D eigenvalue weighted by atomic mass is 16.2.